The molecule has 1 aromatic heterocycles. The Morgan fingerprint density at radius 3 is 2.33 bits per heavy atom. The van der Waals surface area contributed by atoms with E-state index in [0.717, 1.165) is 6.42 Å². The second-order valence-corrected chi connectivity index (χ2v) is 5.82. The Balaban J connectivity index is 2.01. The zero-order chi connectivity index (χ0) is 14.4. The zero-order valence-corrected chi connectivity index (χ0v) is 12.4. The summed E-state index contributed by atoms with van der Waals surface area (Å²) in [6, 6.07) is 19.7. The summed E-state index contributed by atoms with van der Waals surface area (Å²) in [5.74, 6) is 0. The van der Waals surface area contributed by atoms with E-state index in [9.17, 15) is 0 Å². The van der Waals surface area contributed by atoms with Crippen LogP contribution in [-0.4, -0.2) is 0 Å². The van der Waals surface area contributed by atoms with E-state index in [1.807, 2.05) is 0 Å². The van der Waals surface area contributed by atoms with Gasteiger partial charge in [0.15, 0.2) is 6.20 Å². The van der Waals surface area contributed by atoms with Crippen LogP contribution in [0.1, 0.15) is 16.7 Å². The molecule has 1 heterocycles. The van der Waals surface area contributed by atoms with Crippen molar-refractivity contribution in [2.45, 2.75) is 13.3 Å². The molecular weight excluding hydrogens is 254 g/mol. The number of fused-ring (bicyclic) bond motifs is 3. The highest BCUT2D eigenvalue weighted by Crippen LogP contribution is 2.40. The van der Waals surface area contributed by atoms with Gasteiger partial charge in [-0.05, 0) is 35.2 Å². The number of rotatable bonds is 1. The molecule has 2 aromatic carbocycles. The lowest BCUT2D eigenvalue weighted by atomic mass is 9.98. The first-order valence-electron chi connectivity index (χ1n) is 7.41. The maximum atomic E-state index is 2.26. The smallest absolute Gasteiger partial charge is 0.201 e. The van der Waals surface area contributed by atoms with Gasteiger partial charge in [-0.1, -0.05) is 42.5 Å². The Morgan fingerprint density at radius 1 is 0.810 bits per heavy atom. The summed E-state index contributed by atoms with van der Waals surface area (Å²) < 4.78 is 2.26. The minimum absolute atomic E-state index is 1.03. The van der Waals surface area contributed by atoms with Gasteiger partial charge in [0.05, 0.1) is 0 Å². The van der Waals surface area contributed by atoms with Crippen molar-refractivity contribution in [3.8, 4) is 22.4 Å². The molecule has 0 spiro atoms. The fraction of sp³-hybridized carbons (Fsp3) is 0.150. The molecule has 0 fully saturated rings. The summed E-state index contributed by atoms with van der Waals surface area (Å²) in [7, 11) is 2.14. The van der Waals surface area contributed by atoms with Crippen molar-refractivity contribution in [1.29, 1.82) is 0 Å². The van der Waals surface area contributed by atoms with Crippen LogP contribution >= 0.6 is 0 Å². The predicted octanol–water partition coefficient (Wildman–Crippen LogP) is 4.06. The van der Waals surface area contributed by atoms with Crippen LogP contribution in [0.5, 0.6) is 0 Å². The van der Waals surface area contributed by atoms with Crippen molar-refractivity contribution < 1.29 is 4.57 Å². The Hall–Kier alpha value is -2.41. The molecule has 0 atom stereocenters. The lowest BCUT2D eigenvalue weighted by Gasteiger charge is -2.09. The van der Waals surface area contributed by atoms with Crippen LogP contribution < -0.4 is 4.57 Å². The topological polar surface area (TPSA) is 3.88 Å². The van der Waals surface area contributed by atoms with Crippen LogP contribution in [0.15, 0.2) is 60.8 Å². The number of aryl methyl sites for hydroxylation is 2. The summed E-state index contributed by atoms with van der Waals surface area (Å²) >= 11 is 0. The summed E-state index contributed by atoms with van der Waals surface area (Å²) in [5.41, 5.74) is 9.69. The number of hydrogen-bond donors (Lipinski definition) is 0. The Morgan fingerprint density at radius 2 is 1.52 bits per heavy atom. The van der Waals surface area contributed by atoms with E-state index in [-0.39, 0.29) is 0 Å². The van der Waals surface area contributed by atoms with E-state index < -0.39 is 0 Å². The molecule has 0 amide bonds. The number of hydrogen-bond acceptors (Lipinski definition) is 0. The van der Waals surface area contributed by atoms with Gasteiger partial charge < -0.3 is 0 Å². The van der Waals surface area contributed by atoms with Gasteiger partial charge in [0.25, 0.3) is 0 Å². The number of benzene rings is 2. The van der Waals surface area contributed by atoms with Crippen LogP contribution in [0.2, 0.25) is 0 Å². The third-order valence-electron chi connectivity index (χ3n) is 4.50. The maximum absolute atomic E-state index is 2.26. The molecule has 0 radical (unpaired) electrons. The molecule has 102 valence electrons. The quantitative estimate of drug-likeness (QED) is 0.460. The molecule has 1 aliphatic carbocycles. The molecule has 0 aliphatic heterocycles. The molecular formula is C20H18N+. The summed E-state index contributed by atoms with van der Waals surface area (Å²) in [5, 5.41) is 0. The molecule has 0 saturated heterocycles. The van der Waals surface area contributed by atoms with Gasteiger partial charge >= 0.3 is 0 Å². The van der Waals surface area contributed by atoms with E-state index in [4.69, 9.17) is 0 Å². The Kier molecular flexibility index (Phi) is 2.68. The Bertz CT molecular complexity index is 846. The largest absolute Gasteiger partial charge is 0.216 e. The average Bonchev–Trinajstić information content (AvgIpc) is 2.87. The van der Waals surface area contributed by atoms with Gasteiger partial charge in [0.1, 0.15) is 7.05 Å². The SMILES string of the molecule is Cc1ccccc1-c1c2c(cc[n+]1C)-c1ccccc1C2. The normalized spacial score (nSPS) is 12.1. The first kappa shape index (κ1) is 12.3. The van der Waals surface area contributed by atoms with Gasteiger partial charge in [-0.25, -0.2) is 4.57 Å². The lowest BCUT2D eigenvalue weighted by Crippen LogP contribution is -2.32. The highest BCUT2D eigenvalue weighted by molar-refractivity contribution is 5.82. The molecule has 0 bridgehead atoms. The van der Waals surface area contributed by atoms with Crippen LogP contribution in [0.3, 0.4) is 0 Å². The van der Waals surface area contributed by atoms with E-state index in [1.165, 1.54) is 39.1 Å². The lowest BCUT2D eigenvalue weighted by molar-refractivity contribution is -0.660. The predicted molar refractivity (Wildman–Crippen MR) is 86.0 cm³/mol. The van der Waals surface area contributed by atoms with Crippen molar-refractivity contribution in [3.63, 3.8) is 0 Å². The fourth-order valence-corrected chi connectivity index (χ4v) is 3.45. The fourth-order valence-electron chi connectivity index (χ4n) is 3.45. The van der Waals surface area contributed by atoms with Gasteiger partial charge in [0, 0.05) is 23.6 Å². The van der Waals surface area contributed by atoms with Crippen LogP contribution in [-0.2, 0) is 13.5 Å². The molecule has 3 aromatic rings. The second kappa shape index (κ2) is 4.56. The van der Waals surface area contributed by atoms with E-state index in [2.05, 4.69) is 79.3 Å². The van der Waals surface area contributed by atoms with Gasteiger partial charge in [-0.2, -0.15) is 0 Å². The maximum Gasteiger partial charge on any atom is 0.216 e. The summed E-state index contributed by atoms with van der Waals surface area (Å²) in [4.78, 5) is 0. The van der Waals surface area contributed by atoms with Crippen molar-refractivity contribution in [3.05, 3.63) is 77.5 Å². The minimum Gasteiger partial charge on any atom is -0.201 e. The third kappa shape index (κ3) is 1.81. The third-order valence-corrected chi connectivity index (χ3v) is 4.50. The Labute approximate surface area is 125 Å². The molecule has 4 rings (SSSR count). The van der Waals surface area contributed by atoms with Crippen molar-refractivity contribution in [1.82, 2.24) is 0 Å². The molecule has 1 heteroatoms. The average molecular weight is 272 g/mol. The standard InChI is InChI=1S/C20H18N/c1-14-7-3-5-9-16(14)20-19-13-15-8-4-6-10-17(15)18(19)11-12-21(20)2/h3-12H,13H2,1-2H3/q+1. The van der Waals surface area contributed by atoms with Crippen LogP contribution in [0.4, 0.5) is 0 Å². The van der Waals surface area contributed by atoms with Crippen LogP contribution in [0, 0.1) is 6.92 Å². The number of nitrogens with zero attached hydrogens (tertiary/aromatic N) is 1. The molecule has 0 N–H and O–H groups in total. The van der Waals surface area contributed by atoms with E-state index in [1.54, 1.807) is 0 Å². The molecule has 0 saturated carbocycles. The molecule has 21 heavy (non-hydrogen) atoms. The van der Waals surface area contributed by atoms with Crippen molar-refractivity contribution in [2.75, 3.05) is 0 Å². The van der Waals surface area contributed by atoms with Gasteiger partial charge in [0.2, 0.25) is 5.69 Å². The van der Waals surface area contributed by atoms with E-state index in [0.29, 0.717) is 0 Å². The number of pyridine rings is 1. The summed E-state index contributed by atoms with van der Waals surface area (Å²) in [6.07, 6.45) is 3.21. The zero-order valence-electron chi connectivity index (χ0n) is 12.4. The molecule has 1 aliphatic rings. The first-order chi connectivity index (χ1) is 10.3. The number of aromatic nitrogens is 1. The minimum atomic E-state index is 1.03. The van der Waals surface area contributed by atoms with Crippen molar-refractivity contribution >= 4 is 0 Å². The van der Waals surface area contributed by atoms with Crippen LogP contribution in [0.25, 0.3) is 22.4 Å². The van der Waals surface area contributed by atoms with Gasteiger partial charge in [-0.15, -0.1) is 0 Å². The molecule has 0 unspecified atom stereocenters. The monoisotopic (exact) mass is 272 g/mol. The second-order valence-electron chi connectivity index (χ2n) is 5.82. The van der Waals surface area contributed by atoms with Gasteiger partial charge in [-0.3, -0.25) is 0 Å². The highest BCUT2D eigenvalue weighted by atomic mass is 14.9. The first-order valence-corrected chi connectivity index (χ1v) is 7.41. The molecule has 1 nitrogen and oxygen atoms in total. The summed E-state index contributed by atoms with van der Waals surface area (Å²) in [6.45, 7) is 2.19. The highest BCUT2D eigenvalue weighted by Gasteiger charge is 2.27. The van der Waals surface area contributed by atoms with E-state index >= 15 is 0 Å². The van der Waals surface area contributed by atoms with Crippen molar-refractivity contribution in [2.24, 2.45) is 7.05 Å².